The molecule has 4 nitrogen and oxygen atoms in total. The molecular weight excluding hydrogens is 242 g/mol. The van der Waals surface area contributed by atoms with Crippen molar-refractivity contribution in [3.63, 3.8) is 0 Å². The maximum Gasteiger partial charge on any atom is 0.410 e. The summed E-state index contributed by atoms with van der Waals surface area (Å²) in [5.74, 6) is 0.573. The molecule has 1 amide bonds. The summed E-state index contributed by atoms with van der Waals surface area (Å²) in [6.07, 6.45) is 2.43. The molecule has 1 heterocycles. The van der Waals surface area contributed by atoms with Gasteiger partial charge in [0.05, 0.1) is 0 Å². The van der Waals surface area contributed by atoms with Crippen molar-refractivity contribution in [1.82, 2.24) is 4.90 Å². The summed E-state index contributed by atoms with van der Waals surface area (Å²) in [4.78, 5) is 25.8. The minimum atomic E-state index is -0.454. The smallest absolute Gasteiger partial charge is 0.410 e. The quantitative estimate of drug-likeness (QED) is 0.772. The van der Waals surface area contributed by atoms with Crippen molar-refractivity contribution in [2.45, 2.75) is 65.0 Å². The average molecular weight is 267 g/mol. The molecule has 2 rings (SSSR count). The predicted molar refractivity (Wildman–Crippen MR) is 72.9 cm³/mol. The molecule has 1 aliphatic carbocycles. The first-order chi connectivity index (χ1) is 8.65. The predicted octanol–water partition coefficient (Wildman–Crippen LogP) is 3.00. The number of likely N-dealkylation sites (tertiary alicyclic amines) is 1. The highest BCUT2D eigenvalue weighted by Crippen LogP contribution is 2.51. The van der Waals surface area contributed by atoms with Crippen LogP contribution >= 0.6 is 0 Å². The second kappa shape index (κ2) is 4.50. The molecule has 19 heavy (non-hydrogen) atoms. The SMILES string of the molecule is CC(C)C(=O)C1CC2(CCN2C(=O)OC(C)(C)C)C1. The van der Waals surface area contributed by atoms with E-state index in [0.29, 0.717) is 5.78 Å². The minimum Gasteiger partial charge on any atom is -0.444 e. The van der Waals surface area contributed by atoms with Crippen LogP contribution < -0.4 is 0 Å². The van der Waals surface area contributed by atoms with E-state index in [9.17, 15) is 9.59 Å². The van der Waals surface area contributed by atoms with Crippen molar-refractivity contribution in [2.75, 3.05) is 6.54 Å². The van der Waals surface area contributed by atoms with Crippen molar-refractivity contribution >= 4 is 11.9 Å². The van der Waals surface area contributed by atoms with Gasteiger partial charge in [-0.3, -0.25) is 4.79 Å². The van der Waals surface area contributed by atoms with Gasteiger partial charge < -0.3 is 9.64 Å². The number of nitrogens with zero attached hydrogens (tertiary/aromatic N) is 1. The van der Waals surface area contributed by atoms with E-state index in [1.54, 1.807) is 0 Å². The molecule has 0 unspecified atom stereocenters. The van der Waals surface area contributed by atoms with Crippen LogP contribution in [-0.2, 0) is 9.53 Å². The lowest BCUT2D eigenvalue weighted by Crippen LogP contribution is -2.69. The van der Waals surface area contributed by atoms with Gasteiger partial charge in [0.25, 0.3) is 0 Å². The third-order valence-electron chi connectivity index (χ3n) is 4.21. The third-order valence-corrected chi connectivity index (χ3v) is 4.21. The largest absolute Gasteiger partial charge is 0.444 e. The Balaban J connectivity index is 1.91. The Morgan fingerprint density at radius 1 is 1.26 bits per heavy atom. The van der Waals surface area contributed by atoms with Gasteiger partial charge in [-0.05, 0) is 40.0 Å². The molecule has 1 spiro atoms. The van der Waals surface area contributed by atoms with E-state index in [1.807, 2.05) is 39.5 Å². The van der Waals surface area contributed by atoms with Crippen molar-refractivity contribution in [3.8, 4) is 0 Å². The van der Waals surface area contributed by atoms with E-state index >= 15 is 0 Å². The molecule has 1 saturated heterocycles. The third kappa shape index (κ3) is 2.63. The van der Waals surface area contributed by atoms with Crippen LogP contribution in [0.1, 0.15) is 53.9 Å². The molecule has 1 aliphatic heterocycles. The molecule has 0 N–H and O–H groups in total. The lowest BCUT2D eigenvalue weighted by Gasteiger charge is -2.60. The number of rotatable bonds is 2. The fraction of sp³-hybridized carbons (Fsp3) is 0.867. The van der Waals surface area contributed by atoms with Gasteiger partial charge in [0.2, 0.25) is 0 Å². The number of carbonyl (C=O) groups is 2. The van der Waals surface area contributed by atoms with E-state index in [1.165, 1.54) is 0 Å². The van der Waals surface area contributed by atoms with Gasteiger partial charge in [-0.2, -0.15) is 0 Å². The van der Waals surface area contributed by atoms with Crippen LogP contribution in [0.25, 0.3) is 0 Å². The van der Waals surface area contributed by atoms with Gasteiger partial charge in [-0.15, -0.1) is 0 Å². The fourth-order valence-corrected chi connectivity index (χ4v) is 3.10. The highest BCUT2D eigenvalue weighted by molar-refractivity contribution is 5.84. The summed E-state index contributed by atoms with van der Waals surface area (Å²) in [5.41, 5.74) is -0.525. The number of ether oxygens (including phenoxy) is 1. The topological polar surface area (TPSA) is 46.6 Å². The number of ketones is 1. The van der Waals surface area contributed by atoms with E-state index in [2.05, 4.69) is 0 Å². The van der Waals surface area contributed by atoms with Crippen molar-refractivity contribution in [2.24, 2.45) is 11.8 Å². The van der Waals surface area contributed by atoms with Crippen LogP contribution in [0.3, 0.4) is 0 Å². The average Bonchev–Trinajstić information content (AvgIpc) is 2.09. The zero-order chi connectivity index (χ0) is 14.4. The van der Waals surface area contributed by atoms with Gasteiger partial charge >= 0.3 is 6.09 Å². The highest BCUT2D eigenvalue weighted by Gasteiger charge is 2.58. The molecule has 0 aromatic heterocycles. The maximum atomic E-state index is 12.1. The Morgan fingerprint density at radius 2 is 1.84 bits per heavy atom. The van der Waals surface area contributed by atoms with Crippen molar-refractivity contribution < 1.29 is 14.3 Å². The molecule has 0 aromatic carbocycles. The number of carbonyl (C=O) groups excluding carboxylic acids is 2. The van der Waals surface area contributed by atoms with Crippen LogP contribution in [0.15, 0.2) is 0 Å². The van der Waals surface area contributed by atoms with Crippen LogP contribution in [0.4, 0.5) is 4.79 Å². The van der Waals surface area contributed by atoms with E-state index in [0.717, 1.165) is 25.8 Å². The second-order valence-electron chi connectivity index (χ2n) is 7.27. The number of hydrogen-bond donors (Lipinski definition) is 0. The molecule has 2 fully saturated rings. The van der Waals surface area contributed by atoms with E-state index < -0.39 is 5.60 Å². The number of Topliss-reactive ketones (excluding diaryl/α,β-unsaturated/α-hetero) is 1. The standard InChI is InChI=1S/C15H25NO3/c1-10(2)12(17)11-8-15(9-11)6-7-16(15)13(18)19-14(3,4)5/h10-11H,6-9H2,1-5H3. The lowest BCUT2D eigenvalue weighted by atomic mass is 9.59. The summed E-state index contributed by atoms with van der Waals surface area (Å²) < 4.78 is 5.42. The molecule has 1 saturated carbocycles. The number of amides is 1. The normalized spacial score (nSPS) is 30.0. The van der Waals surface area contributed by atoms with Crippen LogP contribution in [0, 0.1) is 11.8 Å². The maximum absolute atomic E-state index is 12.1. The first-order valence-electron chi connectivity index (χ1n) is 7.19. The van der Waals surface area contributed by atoms with E-state index in [4.69, 9.17) is 4.74 Å². The Hall–Kier alpha value is -1.06. The van der Waals surface area contributed by atoms with Crippen LogP contribution in [-0.4, -0.2) is 34.5 Å². The summed E-state index contributed by atoms with van der Waals surface area (Å²) in [5, 5.41) is 0. The number of hydrogen-bond acceptors (Lipinski definition) is 3. The van der Waals surface area contributed by atoms with E-state index in [-0.39, 0.29) is 23.5 Å². The van der Waals surface area contributed by atoms with Gasteiger partial charge in [0.1, 0.15) is 11.4 Å². The summed E-state index contributed by atoms with van der Waals surface area (Å²) in [7, 11) is 0. The van der Waals surface area contributed by atoms with Crippen LogP contribution in [0.5, 0.6) is 0 Å². The molecule has 108 valence electrons. The molecule has 0 bridgehead atoms. The Bertz CT molecular complexity index is 389. The fourth-order valence-electron chi connectivity index (χ4n) is 3.10. The summed E-state index contributed by atoms with van der Waals surface area (Å²) in [6.45, 7) is 10.3. The monoisotopic (exact) mass is 267 g/mol. The highest BCUT2D eigenvalue weighted by atomic mass is 16.6. The van der Waals surface area contributed by atoms with Gasteiger partial charge in [0.15, 0.2) is 0 Å². The first-order valence-corrected chi connectivity index (χ1v) is 7.19. The zero-order valence-corrected chi connectivity index (χ0v) is 12.7. The zero-order valence-electron chi connectivity index (χ0n) is 12.7. The lowest BCUT2D eigenvalue weighted by molar-refractivity contribution is -0.145. The van der Waals surface area contributed by atoms with Crippen molar-refractivity contribution in [3.05, 3.63) is 0 Å². The molecular formula is C15H25NO3. The molecule has 4 heteroatoms. The second-order valence-corrected chi connectivity index (χ2v) is 7.27. The van der Waals surface area contributed by atoms with Crippen LogP contribution in [0.2, 0.25) is 0 Å². The van der Waals surface area contributed by atoms with Crippen molar-refractivity contribution in [1.29, 1.82) is 0 Å². The Labute approximate surface area is 115 Å². The van der Waals surface area contributed by atoms with Gasteiger partial charge in [-0.25, -0.2) is 4.79 Å². The molecule has 0 aromatic rings. The summed E-state index contributed by atoms with van der Waals surface area (Å²) in [6, 6.07) is 0. The minimum absolute atomic E-state index is 0.0719. The summed E-state index contributed by atoms with van der Waals surface area (Å²) >= 11 is 0. The Morgan fingerprint density at radius 3 is 2.21 bits per heavy atom. The molecule has 0 radical (unpaired) electrons. The molecule has 2 aliphatic rings. The van der Waals surface area contributed by atoms with Gasteiger partial charge in [0, 0.05) is 23.9 Å². The van der Waals surface area contributed by atoms with Gasteiger partial charge in [-0.1, -0.05) is 13.8 Å². The first kappa shape index (κ1) is 14.4. The molecule has 0 atom stereocenters. The Kier molecular flexibility index (Phi) is 3.40.